The van der Waals surface area contributed by atoms with Crippen LogP contribution < -0.4 is 14.4 Å². The summed E-state index contributed by atoms with van der Waals surface area (Å²) in [4.78, 5) is 55.0. The van der Waals surface area contributed by atoms with Crippen LogP contribution in [0.2, 0.25) is 5.02 Å². The molecule has 47 heavy (non-hydrogen) atoms. The lowest BCUT2D eigenvalue weighted by molar-refractivity contribution is -0.150. The van der Waals surface area contributed by atoms with Gasteiger partial charge in [0.15, 0.2) is 11.5 Å². The Morgan fingerprint density at radius 1 is 1.04 bits per heavy atom. The number of halogens is 1. The third-order valence-electron chi connectivity index (χ3n) is 8.57. The Hall–Kier alpha value is -3.83. The largest absolute Gasteiger partial charge is 0.493 e. The first kappa shape index (κ1) is 36.0. The molecule has 0 bridgehead atoms. The van der Waals surface area contributed by atoms with Crippen LogP contribution in [0, 0.1) is 17.3 Å². The summed E-state index contributed by atoms with van der Waals surface area (Å²) in [5, 5.41) is 9.62. The highest BCUT2D eigenvalue weighted by atomic mass is 35.5. The molecule has 0 aromatic heterocycles. The number of nitrogens with zero attached hydrogens (tertiary/aromatic N) is 2. The molecular weight excluding hydrogens is 628 g/mol. The van der Waals surface area contributed by atoms with Crippen molar-refractivity contribution in [1.82, 2.24) is 4.90 Å². The molecule has 2 amide bonds. The lowest BCUT2D eigenvalue weighted by Gasteiger charge is -2.34. The van der Waals surface area contributed by atoms with Gasteiger partial charge in [-0.15, -0.1) is 0 Å². The number of carboxylic acid groups (broad SMARTS) is 1. The van der Waals surface area contributed by atoms with Crippen LogP contribution in [0.1, 0.15) is 70.6 Å². The SMILES string of the molecule is COc1cccc([C@H]2O[C@H](CC(=O)N3CCC(CC(=O)O)CC3)C(=O)N(CC(C)(C)COC(=O)C(C)C)c3ccc(Cl)cc32)c1OC. The Morgan fingerprint density at radius 2 is 1.74 bits per heavy atom. The number of carbonyl (C=O) groups excluding carboxylic acids is 3. The van der Waals surface area contributed by atoms with Crippen LogP contribution in [0.4, 0.5) is 5.69 Å². The van der Waals surface area contributed by atoms with Crippen LogP contribution in [0.3, 0.4) is 0 Å². The van der Waals surface area contributed by atoms with Gasteiger partial charge in [0.2, 0.25) is 5.91 Å². The second kappa shape index (κ2) is 15.4. The monoisotopic (exact) mass is 672 g/mol. The van der Waals surface area contributed by atoms with Gasteiger partial charge >= 0.3 is 11.9 Å². The minimum atomic E-state index is -1.19. The first-order valence-electron chi connectivity index (χ1n) is 15.9. The zero-order valence-corrected chi connectivity index (χ0v) is 28.7. The predicted octanol–water partition coefficient (Wildman–Crippen LogP) is 5.51. The first-order chi connectivity index (χ1) is 22.2. The number of benzene rings is 2. The standard InChI is InChI=1S/C35H45ClN2O9/c1-21(2)34(43)46-20-35(3,4)19-38-26-11-10-23(36)17-25(26)31(24-8-7-9-27(44-5)32(24)45-6)47-28(33(38)42)18-29(39)37-14-12-22(13-15-37)16-30(40)41/h7-11,17,21-22,28,31H,12-16,18-20H2,1-6H3,(H,40,41)/t28-,31-/m1/s1. The van der Waals surface area contributed by atoms with Gasteiger partial charge in [0.1, 0.15) is 12.2 Å². The number of aliphatic carboxylic acids is 1. The smallest absolute Gasteiger partial charge is 0.308 e. The molecule has 0 saturated carbocycles. The van der Waals surface area contributed by atoms with Gasteiger partial charge in [0, 0.05) is 53.3 Å². The van der Waals surface area contributed by atoms with Gasteiger partial charge < -0.3 is 33.9 Å². The molecular formula is C35H45ClN2O9. The van der Waals surface area contributed by atoms with Crippen LogP contribution in [0.15, 0.2) is 36.4 Å². The molecule has 1 N–H and O–H groups in total. The molecule has 2 aliphatic rings. The highest BCUT2D eigenvalue weighted by molar-refractivity contribution is 6.30. The Kier molecular flexibility index (Phi) is 11.8. The number of carboxylic acids is 1. The van der Waals surface area contributed by atoms with Gasteiger partial charge in [-0.1, -0.05) is 51.4 Å². The molecule has 0 radical (unpaired) electrons. The summed E-state index contributed by atoms with van der Waals surface area (Å²) in [6.45, 7) is 8.35. The topological polar surface area (TPSA) is 132 Å². The number of ether oxygens (including phenoxy) is 4. The number of methoxy groups -OCH3 is 2. The lowest BCUT2D eigenvalue weighted by atomic mass is 9.92. The van der Waals surface area contributed by atoms with Crippen molar-refractivity contribution in [2.24, 2.45) is 17.3 Å². The average molecular weight is 673 g/mol. The summed E-state index contributed by atoms with van der Waals surface area (Å²) in [7, 11) is 3.05. The van der Waals surface area contributed by atoms with E-state index in [9.17, 15) is 24.3 Å². The van der Waals surface area contributed by atoms with Crippen LogP contribution in [0.5, 0.6) is 11.5 Å². The van der Waals surface area contributed by atoms with Crippen molar-refractivity contribution in [3.8, 4) is 11.5 Å². The number of amides is 2. The molecule has 1 fully saturated rings. The maximum absolute atomic E-state index is 14.5. The number of carbonyl (C=O) groups is 4. The molecule has 11 nitrogen and oxygen atoms in total. The Balaban J connectivity index is 1.74. The number of piperidine rings is 1. The van der Waals surface area contributed by atoms with E-state index in [-0.39, 0.29) is 49.7 Å². The summed E-state index contributed by atoms with van der Waals surface area (Å²) in [5.41, 5.74) is 1.05. The van der Waals surface area contributed by atoms with Crippen molar-refractivity contribution < 1.29 is 43.2 Å². The van der Waals surface area contributed by atoms with E-state index >= 15 is 0 Å². The second-order valence-electron chi connectivity index (χ2n) is 13.3. The summed E-state index contributed by atoms with van der Waals surface area (Å²) in [6, 6.07) is 10.6. The van der Waals surface area contributed by atoms with Crippen LogP contribution in [-0.2, 0) is 28.7 Å². The molecule has 256 valence electrons. The number of fused-ring (bicyclic) bond motifs is 1. The highest BCUT2D eigenvalue weighted by Crippen LogP contribution is 2.45. The van der Waals surface area contributed by atoms with Crippen LogP contribution in [-0.4, -0.2) is 80.3 Å². The van der Waals surface area contributed by atoms with Crippen LogP contribution in [0.25, 0.3) is 0 Å². The van der Waals surface area contributed by atoms with Gasteiger partial charge in [-0.05, 0) is 43.0 Å². The van der Waals surface area contributed by atoms with Crippen molar-refractivity contribution >= 4 is 41.0 Å². The quantitative estimate of drug-likeness (QED) is 0.290. The minimum absolute atomic E-state index is 0.000939. The summed E-state index contributed by atoms with van der Waals surface area (Å²) < 4.78 is 23.5. The molecule has 12 heteroatoms. The van der Waals surface area contributed by atoms with E-state index in [1.165, 1.54) is 14.2 Å². The number of anilines is 1. The molecule has 0 aliphatic carbocycles. The zero-order valence-electron chi connectivity index (χ0n) is 27.9. The number of hydrogen-bond acceptors (Lipinski definition) is 8. The van der Waals surface area contributed by atoms with E-state index in [4.69, 9.17) is 30.5 Å². The fourth-order valence-electron chi connectivity index (χ4n) is 6.06. The Bertz CT molecular complexity index is 1470. The molecule has 2 aliphatic heterocycles. The maximum atomic E-state index is 14.5. The third-order valence-corrected chi connectivity index (χ3v) is 8.81. The maximum Gasteiger partial charge on any atom is 0.308 e. The first-order valence-corrected chi connectivity index (χ1v) is 16.3. The van der Waals surface area contributed by atoms with Crippen molar-refractivity contribution in [3.05, 3.63) is 52.5 Å². The Morgan fingerprint density at radius 3 is 2.36 bits per heavy atom. The van der Waals surface area contributed by atoms with Crippen LogP contribution >= 0.6 is 11.6 Å². The van der Waals surface area contributed by atoms with E-state index < -0.39 is 29.5 Å². The molecule has 1 saturated heterocycles. The summed E-state index contributed by atoms with van der Waals surface area (Å²) >= 11 is 6.54. The van der Waals surface area contributed by atoms with Gasteiger partial charge in [0.25, 0.3) is 5.91 Å². The lowest BCUT2D eigenvalue weighted by Crippen LogP contribution is -2.48. The number of para-hydroxylation sites is 1. The zero-order chi connectivity index (χ0) is 34.5. The summed E-state index contributed by atoms with van der Waals surface area (Å²) in [6.07, 6.45) is -1.09. The predicted molar refractivity (Wildman–Crippen MR) is 176 cm³/mol. The molecule has 2 atom stereocenters. The van der Waals surface area contributed by atoms with E-state index in [2.05, 4.69) is 0 Å². The molecule has 2 heterocycles. The molecule has 0 unspecified atom stereocenters. The fourth-order valence-corrected chi connectivity index (χ4v) is 6.24. The van der Waals surface area contributed by atoms with Crippen molar-refractivity contribution in [3.63, 3.8) is 0 Å². The van der Waals surface area contributed by atoms with Crippen molar-refractivity contribution in [1.29, 1.82) is 0 Å². The van der Waals surface area contributed by atoms with Crippen molar-refractivity contribution in [2.75, 3.05) is 45.4 Å². The highest BCUT2D eigenvalue weighted by Gasteiger charge is 2.42. The molecule has 4 rings (SSSR count). The van der Waals surface area contributed by atoms with Gasteiger partial charge in [-0.25, -0.2) is 0 Å². The average Bonchev–Trinajstić information content (AvgIpc) is 3.13. The number of esters is 1. The molecule has 0 spiro atoms. The fraction of sp³-hybridized carbons (Fsp3) is 0.543. The molecule has 2 aromatic rings. The molecule has 2 aromatic carbocycles. The normalized spacial score (nSPS) is 18.9. The third kappa shape index (κ3) is 8.75. The summed E-state index contributed by atoms with van der Waals surface area (Å²) in [5.74, 6) is -1.29. The van der Waals surface area contributed by atoms with Crippen molar-refractivity contribution in [2.45, 2.75) is 65.6 Å². The van der Waals surface area contributed by atoms with E-state index in [1.54, 1.807) is 54.0 Å². The van der Waals surface area contributed by atoms with E-state index in [0.29, 0.717) is 59.3 Å². The minimum Gasteiger partial charge on any atom is -0.493 e. The second-order valence-corrected chi connectivity index (χ2v) is 13.7. The number of likely N-dealkylation sites (tertiary alicyclic amines) is 1. The van der Waals surface area contributed by atoms with Gasteiger partial charge in [-0.3, -0.25) is 19.2 Å². The number of hydrogen-bond donors (Lipinski definition) is 1. The Labute approximate surface area is 281 Å². The van der Waals surface area contributed by atoms with E-state index in [0.717, 1.165) is 0 Å². The number of rotatable bonds is 12. The van der Waals surface area contributed by atoms with Gasteiger partial charge in [0.05, 0.1) is 33.2 Å². The van der Waals surface area contributed by atoms with E-state index in [1.807, 2.05) is 19.9 Å². The van der Waals surface area contributed by atoms with Gasteiger partial charge in [-0.2, -0.15) is 0 Å².